The van der Waals surface area contributed by atoms with E-state index in [9.17, 15) is 4.79 Å². The van der Waals surface area contributed by atoms with E-state index in [1.54, 1.807) is 6.20 Å². The molecule has 1 aromatic carbocycles. The summed E-state index contributed by atoms with van der Waals surface area (Å²) >= 11 is 0. The second-order valence-corrected chi connectivity index (χ2v) is 7.17. The van der Waals surface area contributed by atoms with Crippen LogP contribution in [0.1, 0.15) is 59.5 Å². The minimum atomic E-state index is 0.0982. The number of imidazole rings is 1. The van der Waals surface area contributed by atoms with E-state index in [4.69, 9.17) is 4.98 Å². The number of H-pyrrole nitrogens is 2. The van der Waals surface area contributed by atoms with Crippen molar-refractivity contribution in [2.24, 2.45) is 0 Å². The molecule has 2 N–H and O–H groups in total. The number of aromatic nitrogens is 4. The van der Waals surface area contributed by atoms with Crippen molar-refractivity contribution in [1.82, 2.24) is 25.1 Å². The van der Waals surface area contributed by atoms with Crippen molar-refractivity contribution >= 4 is 16.9 Å². The molecule has 2 aromatic heterocycles. The fourth-order valence-corrected chi connectivity index (χ4v) is 3.85. The van der Waals surface area contributed by atoms with Gasteiger partial charge in [0.15, 0.2) is 0 Å². The van der Waals surface area contributed by atoms with Gasteiger partial charge in [0, 0.05) is 24.7 Å². The van der Waals surface area contributed by atoms with Gasteiger partial charge in [0.2, 0.25) is 0 Å². The van der Waals surface area contributed by atoms with E-state index in [2.05, 4.69) is 47.2 Å². The predicted octanol–water partition coefficient (Wildman–Crippen LogP) is 3.57. The summed E-state index contributed by atoms with van der Waals surface area (Å²) in [6.07, 6.45) is 5.39. The largest absolute Gasteiger partial charge is 0.342 e. The minimum absolute atomic E-state index is 0.0982. The highest BCUT2D eigenvalue weighted by Crippen LogP contribution is 2.29. The summed E-state index contributed by atoms with van der Waals surface area (Å²) in [5, 5.41) is 7.03. The number of rotatable bonds is 4. The second kappa shape index (κ2) is 6.94. The average Bonchev–Trinajstić information content (AvgIpc) is 3.29. The van der Waals surface area contributed by atoms with Gasteiger partial charge in [-0.25, -0.2) is 4.98 Å². The Balaban J connectivity index is 1.45. The van der Waals surface area contributed by atoms with Crippen LogP contribution in [-0.2, 0) is 6.42 Å². The van der Waals surface area contributed by atoms with Crippen LogP contribution in [0.25, 0.3) is 11.0 Å². The second-order valence-electron chi connectivity index (χ2n) is 7.17. The Morgan fingerprint density at radius 2 is 2.12 bits per heavy atom. The van der Waals surface area contributed by atoms with Gasteiger partial charge in [0.1, 0.15) is 5.82 Å². The molecule has 4 rings (SSSR count). The first-order valence-electron chi connectivity index (χ1n) is 9.44. The number of hydrogen-bond acceptors (Lipinski definition) is 3. The molecule has 1 amide bonds. The van der Waals surface area contributed by atoms with Gasteiger partial charge in [-0.3, -0.25) is 9.89 Å². The van der Waals surface area contributed by atoms with Gasteiger partial charge >= 0.3 is 0 Å². The molecule has 3 heterocycles. The number of aryl methyl sites for hydroxylation is 2. The molecule has 0 radical (unpaired) electrons. The van der Waals surface area contributed by atoms with Gasteiger partial charge in [-0.2, -0.15) is 5.10 Å². The third-order valence-electron chi connectivity index (χ3n) is 5.35. The van der Waals surface area contributed by atoms with Crippen molar-refractivity contribution in [1.29, 1.82) is 0 Å². The number of nitrogens with one attached hydrogen (secondary N) is 2. The van der Waals surface area contributed by atoms with E-state index in [1.807, 2.05) is 4.90 Å². The van der Waals surface area contributed by atoms with Crippen LogP contribution in [-0.4, -0.2) is 44.1 Å². The van der Waals surface area contributed by atoms with Crippen LogP contribution in [0, 0.1) is 6.92 Å². The Hall–Kier alpha value is -2.63. The first-order valence-corrected chi connectivity index (χ1v) is 9.44. The summed E-state index contributed by atoms with van der Waals surface area (Å²) in [6, 6.07) is 6.22. The summed E-state index contributed by atoms with van der Waals surface area (Å²) in [5.41, 5.74) is 5.03. The molecule has 6 heteroatoms. The van der Waals surface area contributed by atoms with Crippen molar-refractivity contribution in [3.63, 3.8) is 0 Å². The Morgan fingerprint density at radius 1 is 1.31 bits per heavy atom. The summed E-state index contributed by atoms with van der Waals surface area (Å²) in [4.78, 5) is 23.1. The van der Waals surface area contributed by atoms with Crippen LogP contribution in [0.3, 0.4) is 0 Å². The molecule has 0 bridgehead atoms. The molecule has 1 saturated heterocycles. The Kier molecular flexibility index (Phi) is 4.49. The number of likely N-dealkylation sites (tertiary alicyclic amines) is 1. The van der Waals surface area contributed by atoms with Crippen LogP contribution in [0.2, 0.25) is 0 Å². The fourth-order valence-electron chi connectivity index (χ4n) is 3.85. The highest BCUT2D eigenvalue weighted by atomic mass is 16.2. The number of carbonyl (C=O) groups excluding carboxylic acids is 1. The predicted molar refractivity (Wildman–Crippen MR) is 101 cm³/mol. The maximum atomic E-state index is 12.8. The van der Waals surface area contributed by atoms with Crippen molar-refractivity contribution in [2.45, 2.75) is 45.4 Å². The maximum Gasteiger partial charge on any atom is 0.257 e. The zero-order valence-electron chi connectivity index (χ0n) is 15.4. The van der Waals surface area contributed by atoms with Crippen LogP contribution < -0.4 is 0 Å². The van der Waals surface area contributed by atoms with Gasteiger partial charge in [-0.1, -0.05) is 25.5 Å². The topological polar surface area (TPSA) is 77.7 Å². The van der Waals surface area contributed by atoms with E-state index >= 15 is 0 Å². The number of fused-ring (bicyclic) bond motifs is 1. The van der Waals surface area contributed by atoms with Gasteiger partial charge in [0.05, 0.1) is 22.8 Å². The molecule has 1 aliphatic heterocycles. The van der Waals surface area contributed by atoms with Crippen LogP contribution in [0.5, 0.6) is 0 Å². The Morgan fingerprint density at radius 3 is 2.85 bits per heavy atom. The van der Waals surface area contributed by atoms with Gasteiger partial charge < -0.3 is 9.88 Å². The molecule has 136 valence electrons. The number of hydrogen-bond donors (Lipinski definition) is 2. The van der Waals surface area contributed by atoms with E-state index in [0.29, 0.717) is 5.92 Å². The Bertz CT molecular complexity index is 917. The zero-order valence-corrected chi connectivity index (χ0v) is 15.4. The van der Waals surface area contributed by atoms with E-state index < -0.39 is 0 Å². The zero-order chi connectivity index (χ0) is 18.1. The molecule has 0 spiro atoms. The number of benzene rings is 1. The monoisotopic (exact) mass is 351 g/mol. The van der Waals surface area contributed by atoms with Crippen molar-refractivity contribution < 1.29 is 4.79 Å². The number of aromatic amines is 2. The molecule has 1 fully saturated rings. The standard InChI is InChI=1S/C20H25N5O/c1-3-5-16-15(12-21-24-16)20(26)25-10-8-14(9-11-25)19-22-17-7-4-6-13(2)18(17)23-19/h4,6-7,12,14H,3,5,8-11H2,1-2H3,(H,21,24)(H,22,23). The highest BCUT2D eigenvalue weighted by Gasteiger charge is 2.28. The lowest BCUT2D eigenvalue weighted by Crippen LogP contribution is -2.38. The number of nitrogens with zero attached hydrogens (tertiary/aromatic N) is 3. The van der Waals surface area contributed by atoms with E-state index in [-0.39, 0.29) is 5.91 Å². The van der Waals surface area contributed by atoms with E-state index in [1.165, 1.54) is 5.56 Å². The fraction of sp³-hybridized carbons (Fsp3) is 0.450. The quantitative estimate of drug-likeness (QED) is 0.754. The number of amides is 1. The molecule has 0 atom stereocenters. The molecule has 26 heavy (non-hydrogen) atoms. The number of carbonyl (C=O) groups is 1. The van der Waals surface area contributed by atoms with Crippen molar-refractivity contribution in [2.75, 3.05) is 13.1 Å². The summed E-state index contributed by atoms with van der Waals surface area (Å²) in [6.45, 7) is 5.72. The first kappa shape index (κ1) is 16.8. The molecular weight excluding hydrogens is 326 g/mol. The molecule has 3 aromatic rings. The molecule has 1 aliphatic rings. The molecule has 0 saturated carbocycles. The summed E-state index contributed by atoms with van der Waals surface area (Å²) in [7, 11) is 0. The maximum absolute atomic E-state index is 12.8. The highest BCUT2D eigenvalue weighted by molar-refractivity contribution is 5.95. The van der Waals surface area contributed by atoms with Crippen LogP contribution >= 0.6 is 0 Å². The SMILES string of the molecule is CCCc1[nH]ncc1C(=O)N1CCC(c2nc3c(C)cccc3[nH]2)CC1. The molecule has 0 aliphatic carbocycles. The summed E-state index contributed by atoms with van der Waals surface area (Å²) in [5.74, 6) is 1.53. The molecular formula is C20H25N5O. The van der Waals surface area contributed by atoms with Gasteiger partial charge in [-0.15, -0.1) is 0 Å². The normalized spacial score (nSPS) is 15.7. The Labute approximate surface area is 153 Å². The number of para-hydroxylation sites is 1. The van der Waals surface area contributed by atoms with Crippen LogP contribution in [0.15, 0.2) is 24.4 Å². The van der Waals surface area contributed by atoms with Crippen molar-refractivity contribution in [3.05, 3.63) is 47.0 Å². The third-order valence-corrected chi connectivity index (χ3v) is 5.35. The van der Waals surface area contributed by atoms with Gasteiger partial charge in [-0.05, 0) is 37.8 Å². The lowest BCUT2D eigenvalue weighted by Gasteiger charge is -2.31. The smallest absolute Gasteiger partial charge is 0.257 e. The van der Waals surface area contributed by atoms with Crippen LogP contribution in [0.4, 0.5) is 0 Å². The minimum Gasteiger partial charge on any atom is -0.342 e. The van der Waals surface area contributed by atoms with E-state index in [0.717, 1.165) is 66.9 Å². The summed E-state index contributed by atoms with van der Waals surface area (Å²) < 4.78 is 0. The van der Waals surface area contributed by atoms with Crippen molar-refractivity contribution in [3.8, 4) is 0 Å². The lowest BCUT2D eigenvalue weighted by molar-refractivity contribution is 0.0710. The number of piperidine rings is 1. The lowest BCUT2D eigenvalue weighted by atomic mass is 9.95. The molecule has 0 unspecified atom stereocenters. The van der Waals surface area contributed by atoms with Gasteiger partial charge in [0.25, 0.3) is 5.91 Å². The average molecular weight is 351 g/mol. The first-order chi connectivity index (χ1) is 12.7. The molecule has 6 nitrogen and oxygen atoms in total. The third kappa shape index (κ3) is 3.00.